The molecule has 4 rings (SSSR count). The van der Waals surface area contributed by atoms with Crippen LogP contribution in [0, 0.1) is 0 Å². The molecule has 0 unspecified atom stereocenters. The van der Waals surface area contributed by atoms with E-state index in [0.717, 1.165) is 48.1 Å². The zero-order valence-corrected chi connectivity index (χ0v) is 21.5. The van der Waals surface area contributed by atoms with E-state index in [-0.39, 0.29) is 18.2 Å². The predicted octanol–water partition coefficient (Wildman–Crippen LogP) is 4.91. The number of nitrogens with zero attached hydrogens (tertiary/aromatic N) is 1. The molecule has 1 fully saturated rings. The van der Waals surface area contributed by atoms with Gasteiger partial charge in [0.25, 0.3) is 11.8 Å². The van der Waals surface area contributed by atoms with E-state index in [1.165, 1.54) is 28.7 Å². The lowest BCUT2D eigenvalue weighted by atomic mass is 9.95. The highest BCUT2D eigenvalue weighted by Gasteiger charge is 2.32. The van der Waals surface area contributed by atoms with Gasteiger partial charge < -0.3 is 11.1 Å². The van der Waals surface area contributed by atoms with Gasteiger partial charge in [-0.15, -0.1) is 11.3 Å². The van der Waals surface area contributed by atoms with Gasteiger partial charge in [0.15, 0.2) is 0 Å². The monoisotopic (exact) mass is 513 g/mol. The van der Waals surface area contributed by atoms with E-state index < -0.39 is 5.91 Å². The molecule has 2 heterocycles. The standard InChI is InChI=1S/C25H27N3O3S3/c1-2-15-9-11-16(12-10-15)14-19-24(31)28(25(32)34-19)13-5-8-20(29)27-23-21(22(26)30)17-6-3-4-7-18(17)33-23/h9-12,14H,2-8,13H2,1H3,(H2,26,30)(H,27,29)/b19-14-. The summed E-state index contributed by atoms with van der Waals surface area (Å²) in [7, 11) is 0. The van der Waals surface area contributed by atoms with E-state index in [4.69, 9.17) is 18.0 Å². The van der Waals surface area contributed by atoms with E-state index in [0.29, 0.717) is 32.8 Å². The summed E-state index contributed by atoms with van der Waals surface area (Å²) in [6.07, 6.45) is 7.36. The molecule has 1 aliphatic heterocycles. The maximum absolute atomic E-state index is 12.8. The van der Waals surface area contributed by atoms with Crippen molar-refractivity contribution in [1.29, 1.82) is 0 Å². The summed E-state index contributed by atoms with van der Waals surface area (Å²) in [5.74, 6) is -0.821. The molecule has 1 saturated heterocycles. The Morgan fingerprint density at radius 1 is 1.21 bits per heavy atom. The number of carbonyl (C=O) groups is 3. The highest BCUT2D eigenvalue weighted by Crippen LogP contribution is 2.38. The minimum Gasteiger partial charge on any atom is -0.365 e. The number of aryl methyl sites for hydroxylation is 2. The average molecular weight is 514 g/mol. The van der Waals surface area contributed by atoms with E-state index in [9.17, 15) is 14.4 Å². The maximum Gasteiger partial charge on any atom is 0.266 e. The number of anilines is 1. The summed E-state index contributed by atoms with van der Waals surface area (Å²) in [6.45, 7) is 2.47. The SMILES string of the molecule is CCc1ccc(/C=C2\SC(=S)N(CCCC(=O)Nc3sc4c(c3C(N)=O)CCCC4)C2=O)cc1. The van der Waals surface area contributed by atoms with Crippen molar-refractivity contribution in [1.82, 2.24) is 4.90 Å². The number of thioether (sulfide) groups is 1. The molecular formula is C25H27N3O3S3. The van der Waals surface area contributed by atoms with Gasteiger partial charge in [-0.1, -0.05) is 55.2 Å². The second-order valence-electron chi connectivity index (χ2n) is 8.36. The number of hydrogen-bond acceptors (Lipinski definition) is 6. The van der Waals surface area contributed by atoms with Gasteiger partial charge in [-0.2, -0.15) is 0 Å². The van der Waals surface area contributed by atoms with Crippen LogP contribution in [-0.2, 0) is 28.9 Å². The highest BCUT2D eigenvalue weighted by atomic mass is 32.2. The first kappa shape index (κ1) is 24.6. The Morgan fingerprint density at radius 3 is 2.65 bits per heavy atom. The van der Waals surface area contributed by atoms with Gasteiger partial charge >= 0.3 is 0 Å². The van der Waals surface area contributed by atoms with E-state index in [1.807, 2.05) is 18.2 Å². The first-order valence-electron chi connectivity index (χ1n) is 11.5. The molecule has 3 N–H and O–H groups in total. The van der Waals surface area contributed by atoms with Crippen molar-refractivity contribution < 1.29 is 14.4 Å². The van der Waals surface area contributed by atoms with E-state index in [1.54, 1.807) is 4.90 Å². The van der Waals surface area contributed by atoms with Crippen molar-refractivity contribution in [3.05, 3.63) is 56.3 Å². The van der Waals surface area contributed by atoms with Crippen LogP contribution in [0.25, 0.3) is 6.08 Å². The van der Waals surface area contributed by atoms with Crippen LogP contribution in [0.2, 0.25) is 0 Å². The summed E-state index contributed by atoms with van der Waals surface area (Å²) in [5.41, 5.74) is 9.26. The molecule has 2 aliphatic rings. The van der Waals surface area contributed by atoms with Crippen LogP contribution in [0.1, 0.15) is 64.5 Å². The van der Waals surface area contributed by atoms with Crippen molar-refractivity contribution in [3.8, 4) is 0 Å². The molecule has 0 bridgehead atoms. The molecule has 0 atom stereocenters. The minimum atomic E-state index is -0.497. The quantitative estimate of drug-likeness (QED) is 0.387. The van der Waals surface area contributed by atoms with Crippen LogP contribution >= 0.6 is 35.3 Å². The lowest BCUT2D eigenvalue weighted by Gasteiger charge is -2.14. The Labute approximate surface area is 213 Å². The highest BCUT2D eigenvalue weighted by molar-refractivity contribution is 8.26. The summed E-state index contributed by atoms with van der Waals surface area (Å²) in [5, 5.41) is 3.42. The molecule has 34 heavy (non-hydrogen) atoms. The number of primary amides is 1. The number of fused-ring (bicyclic) bond motifs is 1. The fourth-order valence-corrected chi connectivity index (χ4v) is 6.81. The first-order valence-corrected chi connectivity index (χ1v) is 13.5. The molecule has 6 nitrogen and oxygen atoms in total. The van der Waals surface area contributed by atoms with Gasteiger partial charge in [0.05, 0.1) is 10.5 Å². The molecular weight excluding hydrogens is 486 g/mol. The van der Waals surface area contributed by atoms with Gasteiger partial charge in [0, 0.05) is 17.8 Å². The number of thiophene rings is 1. The van der Waals surface area contributed by atoms with Crippen LogP contribution in [0.15, 0.2) is 29.2 Å². The summed E-state index contributed by atoms with van der Waals surface area (Å²) < 4.78 is 0.504. The normalized spacial score (nSPS) is 16.7. The lowest BCUT2D eigenvalue weighted by Crippen LogP contribution is -2.29. The van der Waals surface area contributed by atoms with Crippen molar-refractivity contribution in [2.45, 2.75) is 51.9 Å². The molecule has 0 spiro atoms. The van der Waals surface area contributed by atoms with Gasteiger partial charge in [0.2, 0.25) is 5.91 Å². The Kier molecular flexibility index (Phi) is 7.85. The number of amides is 3. The smallest absolute Gasteiger partial charge is 0.266 e. The van der Waals surface area contributed by atoms with E-state index >= 15 is 0 Å². The number of benzene rings is 1. The number of nitrogens with two attached hydrogens (primary N) is 1. The maximum atomic E-state index is 12.8. The zero-order valence-electron chi connectivity index (χ0n) is 19.0. The molecule has 2 aromatic rings. The van der Waals surface area contributed by atoms with E-state index in [2.05, 4.69) is 24.4 Å². The first-order chi connectivity index (χ1) is 16.4. The Bertz CT molecular complexity index is 1170. The Balaban J connectivity index is 1.33. The van der Waals surface area contributed by atoms with Crippen LogP contribution in [-0.4, -0.2) is 33.5 Å². The van der Waals surface area contributed by atoms with Crippen LogP contribution in [0.3, 0.4) is 0 Å². The number of hydrogen-bond donors (Lipinski definition) is 2. The second kappa shape index (κ2) is 10.8. The molecule has 1 aromatic carbocycles. The predicted molar refractivity (Wildman–Crippen MR) is 143 cm³/mol. The molecule has 9 heteroatoms. The molecule has 1 aromatic heterocycles. The van der Waals surface area contributed by atoms with Crippen molar-refractivity contribution in [2.75, 3.05) is 11.9 Å². The fraction of sp³-hybridized carbons (Fsp3) is 0.360. The molecule has 178 valence electrons. The lowest BCUT2D eigenvalue weighted by molar-refractivity contribution is -0.122. The van der Waals surface area contributed by atoms with Crippen LogP contribution in [0.4, 0.5) is 5.00 Å². The molecule has 1 aliphatic carbocycles. The van der Waals surface area contributed by atoms with Gasteiger partial charge in [-0.25, -0.2) is 0 Å². The van der Waals surface area contributed by atoms with Gasteiger partial charge in [-0.05, 0) is 61.3 Å². The number of nitrogens with one attached hydrogen (secondary N) is 1. The van der Waals surface area contributed by atoms with Crippen LogP contribution in [0.5, 0.6) is 0 Å². The second-order valence-corrected chi connectivity index (χ2v) is 11.1. The zero-order chi connectivity index (χ0) is 24.2. The van der Waals surface area contributed by atoms with Crippen molar-refractivity contribution >= 4 is 68.4 Å². The Morgan fingerprint density at radius 2 is 1.94 bits per heavy atom. The summed E-state index contributed by atoms with van der Waals surface area (Å²) in [6, 6.07) is 8.11. The largest absolute Gasteiger partial charge is 0.365 e. The Hall–Kier alpha value is -2.49. The summed E-state index contributed by atoms with van der Waals surface area (Å²) in [4.78, 5) is 40.7. The fourth-order valence-electron chi connectivity index (χ4n) is 4.20. The van der Waals surface area contributed by atoms with Gasteiger partial charge in [-0.3, -0.25) is 19.3 Å². The van der Waals surface area contributed by atoms with Crippen LogP contribution < -0.4 is 11.1 Å². The minimum absolute atomic E-state index is 0.128. The third-order valence-corrected chi connectivity index (χ3v) is 8.60. The third kappa shape index (κ3) is 5.42. The molecule has 3 amide bonds. The van der Waals surface area contributed by atoms with Crippen molar-refractivity contribution in [3.63, 3.8) is 0 Å². The summed E-state index contributed by atoms with van der Waals surface area (Å²) >= 11 is 8.15. The molecule has 0 radical (unpaired) electrons. The van der Waals surface area contributed by atoms with Crippen molar-refractivity contribution in [2.24, 2.45) is 5.73 Å². The number of carbonyl (C=O) groups excluding carboxylic acids is 3. The average Bonchev–Trinajstić information content (AvgIpc) is 3.31. The van der Waals surface area contributed by atoms with Gasteiger partial charge in [0.1, 0.15) is 9.32 Å². The third-order valence-electron chi connectivity index (χ3n) is 6.02. The molecule has 0 saturated carbocycles. The number of thiocarbonyl (C=S) groups is 1. The topological polar surface area (TPSA) is 92.5 Å². The number of rotatable bonds is 8.